The van der Waals surface area contributed by atoms with Crippen molar-refractivity contribution in [3.63, 3.8) is 0 Å². The Hall–Kier alpha value is -4.85. The molecule has 18 aliphatic rings. The summed E-state index contributed by atoms with van der Waals surface area (Å²) in [5.41, 5.74) is 18.1. The Bertz CT molecular complexity index is 2780. The van der Waals surface area contributed by atoms with Crippen molar-refractivity contribution in [2.45, 2.75) is 153 Å². The fourth-order valence-electron chi connectivity index (χ4n) is 20.4. The predicted octanol–water partition coefficient (Wildman–Crippen LogP) is 5.92. The molecular weight excluding hydrogens is 927 g/mol. The maximum Gasteiger partial charge on any atom is 0.304 e. The van der Waals surface area contributed by atoms with Crippen LogP contribution in [0.15, 0.2) is 52.1 Å². The van der Waals surface area contributed by atoms with Crippen molar-refractivity contribution in [3.8, 4) is 0 Å². The Morgan fingerprint density at radius 2 is 0.680 bits per heavy atom. The molecule has 3 aromatic heterocycles. The molecule has 0 radical (unpaired) electrons. The molecule has 0 aromatic carbocycles. The van der Waals surface area contributed by atoms with E-state index >= 15 is 0 Å². The van der Waals surface area contributed by atoms with Crippen molar-refractivity contribution in [2.24, 2.45) is 86.3 Å². The highest BCUT2D eigenvalue weighted by Crippen LogP contribution is 2.62. The highest BCUT2D eigenvalue weighted by molar-refractivity contribution is 6.73. The Morgan fingerprint density at radius 1 is 0.413 bits per heavy atom. The number of hydrogen-bond acceptors (Lipinski definition) is 12. The lowest BCUT2D eigenvalue weighted by Crippen LogP contribution is -2.58. The van der Waals surface area contributed by atoms with Gasteiger partial charge >= 0.3 is 20.5 Å². The molecule has 0 amide bonds. The monoisotopic (exact) mass is 1000 g/mol. The lowest BCUT2D eigenvalue weighted by molar-refractivity contribution is -0.138. The van der Waals surface area contributed by atoms with Crippen molar-refractivity contribution in [2.75, 3.05) is 0 Å². The average molecular weight is 1000 g/mol. The highest BCUT2D eigenvalue weighted by atomic mass is 16.3. The zero-order valence-corrected chi connectivity index (χ0v) is 44.1. The minimum absolute atomic E-state index is 0.214. The van der Waals surface area contributed by atoms with Crippen LogP contribution in [0.25, 0.3) is 18.2 Å². The van der Waals surface area contributed by atoms with Crippen LogP contribution in [0.2, 0.25) is 20.5 Å². The first-order valence-corrected chi connectivity index (χ1v) is 29.6. The van der Waals surface area contributed by atoms with Crippen LogP contribution in [0.4, 0.5) is 0 Å². The molecule has 15 aliphatic carbocycles. The van der Waals surface area contributed by atoms with Gasteiger partial charge < -0.3 is 31.3 Å². The van der Waals surface area contributed by atoms with Gasteiger partial charge in [0.15, 0.2) is 0 Å². The standard InChI is InChI=1S/3C20H24BN3O/c3*1-21-15-10-22-16-4-2-3-14(16)18(15)19(23-24-21)17-12-5-11-6-13(17)9-20(25,7-11)8-12/h3*2-3,10-13,17,24-25H,4-9H2,1H3/t2*11?,12-,13+,17?,20?;. The van der Waals surface area contributed by atoms with E-state index in [4.69, 9.17) is 30.3 Å². The van der Waals surface area contributed by atoms with E-state index in [0.717, 1.165) is 94.8 Å². The molecule has 384 valence electrons. The van der Waals surface area contributed by atoms with E-state index in [9.17, 15) is 15.3 Å². The number of allylic oxidation sites excluding steroid dienone is 3. The first-order valence-electron chi connectivity index (χ1n) is 29.6. The second-order valence-corrected chi connectivity index (χ2v) is 27.4. The molecule has 0 spiro atoms. The number of nitrogens with one attached hydrogen (secondary N) is 3. The maximum absolute atomic E-state index is 10.9. The lowest BCUT2D eigenvalue weighted by atomic mass is 9.48. The van der Waals surface area contributed by atoms with E-state index in [2.05, 4.69) is 91.5 Å². The van der Waals surface area contributed by atoms with Gasteiger partial charge in [-0.1, -0.05) is 56.9 Å². The summed E-state index contributed by atoms with van der Waals surface area (Å²) >= 11 is 0. The van der Waals surface area contributed by atoms with Gasteiger partial charge in [0.1, 0.15) is 0 Å². The summed E-state index contributed by atoms with van der Waals surface area (Å²) in [4.78, 5) is 14.1. The van der Waals surface area contributed by atoms with E-state index in [1.165, 1.54) is 123 Å². The molecular formula is C60H72B3N9O3. The van der Waals surface area contributed by atoms with E-state index in [1.807, 2.05) is 0 Å². The van der Waals surface area contributed by atoms with Crippen LogP contribution in [0.3, 0.4) is 0 Å². The van der Waals surface area contributed by atoms with Crippen molar-refractivity contribution in [1.82, 2.24) is 31.0 Å². The van der Waals surface area contributed by atoms with Gasteiger partial charge in [0.2, 0.25) is 0 Å². The van der Waals surface area contributed by atoms with Gasteiger partial charge in [-0.2, -0.15) is 15.3 Å². The third kappa shape index (κ3) is 7.20. The number of nitrogens with zero attached hydrogens (tertiary/aromatic N) is 6. The summed E-state index contributed by atoms with van der Waals surface area (Å²) < 4.78 is 0. The maximum atomic E-state index is 10.9. The molecule has 6 heterocycles. The van der Waals surface area contributed by atoms with E-state index in [-0.39, 0.29) is 37.3 Å². The Morgan fingerprint density at radius 3 is 0.933 bits per heavy atom. The van der Waals surface area contributed by atoms with Crippen LogP contribution in [0.1, 0.15) is 147 Å². The normalized spacial score (nSPS) is 39.9. The molecule has 12 bridgehead atoms. The zero-order chi connectivity index (χ0) is 50.3. The molecule has 0 saturated heterocycles. The Balaban J connectivity index is 0.0000000953. The number of fused-ring (bicyclic) bond motifs is 9. The smallest absolute Gasteiger partial charge is 0.304 e. The summed E-state index contributed by atoms with van der Waals surface area (Å²) in [6, 6.07) is 0. The molecule has 75 heavy (non-hydrogen) atoms. The van der Waals surface area contributed by atoms with Crippen LogP contribution < -0.4 is 32.4 Å². The minimum atomic E-state index is -0.383. The summed E-state index contributed by atoms with van der Waals surface area (Å²) in [6.07, 6.45) is 39.0. The van der Waals surface area contributed by atoms with Crippen LogP contribution in [-0.4, -0.2) is 84.8 Å². The molecule has 3 aromatic rings. The fourth-order valence-corrected chi connectivity index (χ4v) is 20.4. The topological polar surface area (TPSA) is 173 Å². The molecule has 3 aliphatic heterocycles. The van der Waals surface area contributed by atoms with E-state index < -0.39 is 0 Å². The first kappa shape index (κ1) is 46.3. The predicted molar refractivity (Wildman–Crippen MR) is 300 cm³/mol. The highest BCUT2D eigenvalue weighted by Gasteiger charge is 2.60. The first-order chi connectivity index (χ1) is 36.3. The van der Waals surface area contributed by atoms with Crippen molar-refractivity contribution < 1.29 is 15.3 Å². The average Bonchev–Trinajstić information content (AvgIpc) is 4.18. The molecule has 12 saturated carbocycles. The van der Waals surface area contributed by atoms with Crippen LogP contribution in [0.5, 0.6) is 0 Å². The number of hydrogen-bond donors (Lipinski definition) is 6. The van der Waals surface area contributed by atoms with Crippen molar-refractivity contribution in [3.05, 3.63) is 87.3 Å². The van der Waals surface area contributed by atoms with Gasteiger partial charge in [0, 0.05) is 89.0 Å². The second kappa shape index (κ2) is 16.6. The van der Waals surface area contributed by atoms with Crippen LogP contribution in [-0.2, 0) is 19.3 Å². The number of rotatable bonds is 3. The number of aliphatic hydroxyl groups is 3. The number of hydrazone groups is 3. The molecule has 15 heteroatoms. The van der Waals surface area contributed by atoms with Gasteiger partial charge in [0.25, 0.3) is 0 Å². The minimum Gasteiger partial charge on any atom is -0.390 e. The quantitative estimate of drug-likeness (QED) is 0.174. The summed E-state index contributed by atoms with van der Waals surface area (Å²) in [5.74, 6) is 7.23. The Labute approximate surface area is 443 Å². The van der Waals surface area contributed by atoms with E-state index in [1.54, 1.807) is 0 Å². The van der Waals surface area contributed by atoms with Gasteiger partial charge in [-0.25, -0.2) is 0 Å². The summed E-state index contributed by atoms with van der Waals surface area (Å²) in [7, 11) is 0. The molecule has 12 atom stereocenters. The van der Waals surface area contributed by atoms with Crippen molar-refractivity contribution in [1.29, 1.82) is 0 Å². The molecule has 6 N–H and O–H groups in total. The van der Waals surface area contributed by atoms with Crippen LogP contribution >= 0.6 is 0 Å². The lowest BCUT2D eigenvalue weighted by Gasteiger charge is -2.58. The molecule has 12 nitrogen and oxygen atoms in total. The molecule has 21 rings (SSSR count). The fraction of sp³-hybridized carbons (Fsp3) is 0.600. The Kier molecular flexibility index (Phi) is 10.2. The summed E-state index contributed by atoms with van der Waals surface area (Å²) in [6.45, 7) is 7.16. The number of pyridine rings is 3. The van der Waals surface area contributed by atoms with Gasteiger partial charge in [-0.3, -0.25) is 15.0 Å². The van der Waals surface area contributed by atoms with E-state index in [0.29, 0.717) is 53.3 Å². The van der Waals surface area contributed by atoms with Crippen LogP contribution in [0, 0.1) is 71.0 Å². The van der Waals surface area contributed by atoms with Crippen molar-refractivity contribution >= 4 is 72.3 Å². The van der Waals surface area contributed by atoms with Gasteiger partial charge in [0.05, 0.1) is 51.0 Å². The third-order valence-corrected chi connectivity index (χ3v) is 22.4. The third-order valence-electron chi connectivity index (χ3n) is 22.4. The second-order valence-electron chi connectivity index (χ2n) is 27.4. The SMILES string of the molecule is CB1NN=C(C2C3CC4CC2CC(O)(C4)C3)c2c1cnc1c2C=CC1.CB1NN=C(C2[C@@H]3CC4C[C@H]2CC(O)(C4)C3)c2c1cnc1c2C=CC1.CB1NN=C(C2[C@@H]3CC4C[C@H]2CC(O)(C4)C3)c2c1cnc1c2C=CC1. The summed E-state index contributed by atoms with van der Waals surface area (Å²) in [5, 5.41) is 57.6. The largest absolute Gasteiger partial charge is 0.390 e. The van der Waals surface area contributed by atoms with Gasteiger partial charge in [-0.15, -0.1) is 0 Å². The molecule has 12 fully saturated rings. The molecule has 8 unspecified atom stereocenters. The number of aromatic nitrogens is 3. The zero-order valence-electron chi connectivity index (χ0n) is 44.1. The van der Waals surface area contributed by atoms with Gasteiger partial charge in [-0.05, 0) is 166 Å².